The lowest BCUT2D eigenvalue weighted by molar-refractivity contribution is 0.330. The minimum Gasteiger partial charge on any atom is -0.504 e. The van der Waals surface area contributed by atoms with Crippen LogP contribution in [0.5, 0.6) is 28.7 Å². The molecule has 0 aliphatic rings. The summed E-state index contributed by atoms with van der Waals surface area (Å²) in [6.45, 7) is 0. The number of phenols is 5. The van der Waals surface area contributed by atoms with Crippen molar-refractivity contribution < 1.29 is 25.5 Å². The lowest BCUT2D eigenvalue weighted by atomic mass is 10.0. The van der Waals surface area contributed by atoms with Crippen LogP contribution in [0.3, 0.4) is 0 Å². The van der Waals surface area contributed by atoms with Gasteiger partial charge >= 0.3 is 0 Å². The van der Waals surface area contributed by atoms with E-state index in [4.69, 9.17) is 11.6 Å². The summed E-state index contributed by atoms with van der Waals surface area (Å²) >= 11 is 9.76. The van der Waals surface area contributed by atoms with Gasteiger partial charge in [-0.3, -0.25) is 0 Å². The molecule has 28 heavy (non-hydrogen) atoms. The summed E-state index contributed by atoms with van der Waals surface area (Å²) < 4.78 is 2.16. The number of aromatic hydroxyl groups is 5. The molecule has 0 unspecified atom stereocenters. The quantitative estimate of drug-likeness (QED) is 0.218. The SMILES string of the molecule is Oc1c(O)c(O)c(-c2nn(-c3cccc(Br)c3Cl)c3ccccc23)c(O)c1O. The average Bonchev–Trinajstić information content (AvgIpc) is 3.06. The van der Waals surface area contributed by atoms with E-state index in [1.165, 1.54) is 4.68 Å². The third kappa shape index (κ3) is 2.53. The van der Waals surface area contributed by atoms with Crippen molar-refractivity contribution in [2.75, 3.05) is 0 Å². The second-order valence-corrected chi connectivity index (χ2v) is 7.20. The molecule has 0 amide bonds. The van der Waals surface area contributed by atoms with Crippen LogP contribution in [-0.4, -0.2) is 35.3 Å². The van der Waals surface area contributed by atoms with Crippen LogP contribution < -0.4 is 0 Å². The summed E-state index contributed by atoms with van der Waals surface area (Å²) in [6.07, 6.45) is 0. The minimum atomic E-state index is -1.03. The van der Waals surface area contributed by atoms with Gasteiger partial charge in [-0.15, -0.1) is 0 Å². The molecule has 0 aliphatic heterocycles. The van der Waals surface area contributed by atoms with E-state index in [9.17, 15) is 25.5 Å². The zero-order valence-corrected chi connectivity index (χ0v) is 16.3. The first-order valence-electron chi connectivity index (χ1n) is 7.94. The first kappa shape index (κ1) is 18.3. The van der Waals surface area contributed by atoms with Crippen molar-refractivity contribution in [3.63, 3.8) is 0 Å². The molecule has 4 rings (SSSR count). The van der Waals surface area contributed by atoms with Crippen LogP contribution in [-0.2, 0) is 0 Å². The molecule has 4 aromatic rings. The average molecular weight is 464 g/mol. The molecule has 1 heterocycles. The molecule has 0 atom stereocenters. The number of aromatic nitrogens is 2. The predicted octanol–water partition coefficient (Wildman–Crippen LogP) is 4.64. The van der Waals surface area contributed by atoms with Gasteiger partial charge in [0.25, 0.3) is 0 Å². The minimum absolute atomic E-state index is 0.0762. The monoisotopic (exact) mass is 462 g/mol. The molecule has 0 fully saturated rings. The number of hydrogen-bond donors (Lipinski definition) is 5. The molecule has 9 heteroatoms. The first-order valence-corrected chi connectivity index (χ1v) is 9.11. The van der Waals surface area contributed by atoms with Gasteiger partial charge in [0.15, 0.2) is 11.5 Å². The third-order valence-electron chi connectivity index (χ3n) is 4.35. The van der Waals surface area contributed by atoms with E-state index in [2.05, 4.69) is 21.0 Å². The summed E-state index contributed by atoms with van der Waals surface area (Å²) in [7, 11) is 0. The number of phenolic OH excluding ortho intramolecular Hbond substituents is 5. The fourth-order valence-corrected chi connectivity index (χ4v) is 3.56. The fraction of sp³-hybridized carbons (Fsp3) is 0. The Hall–Kier alpha value is -3.10. The number of benzene rings is 3. The van der Waals surface area contributed by atoms with Crippen LogP contribution in [0.15, 0.2) is 46.9 Å². The second kappa shape index (κ2) is 6.50. The highest BCUT2D eigenvalue weighted by atomic mass is 79.9. The maximum Gasteiger partial charge on any atom is 0.208 e. The molecule has 0 bridgehead atoms. The number of nitrogens with zero attached hydrogens (tertiary/aromatic N) is 2. The number of fused-ring (bicyclic) bond motifs is 1. The topological polar surface area (TPSA) is 119 Å². The van der Waals surface area contributed by atoms with E-state index >= 15 is 0 Å². The third-order valence-corrected chi connectivity index (χ3v) is 5.64. The van der Waals surface area contributed by atoms with Gasteiger partial charge in [-0.05, 0) is 34.1 Å². The lowest BCUT2D eigenvalue weighted by Crippen LogP contribution is -1.98. The lowest BCUT2D eigenvalue weighted by Gasteiger charge is -2.11. The van der Waals surface area contributed by atoms with Gasteiger partial charge in [0.2, 0.25) is 17.2 Å². The maximum absolute atomic E-state index is 10.3. The van der Waals surface area contributed by atoms with E-state index in [-0.39, 0.29) is 11.3 Å². The highest BCUT2D eigenvalue weighted by molar-refractivity contribution is 9.10. The Morgan fingerprint density at radius 2 is 1.39 bits per heavy atom. The second-order valence-electron chi connectivity index (χ2n) is 5.97. The van der Waals surface area contributed by atoms with Gasteiger partial charge < -0.3 is 25.5 Å². The summed E-state index contributed by atoms with van der Waals surface area (Å²) in [5.41, 5.74) is 0.883. The molecule has 0 radical (unpaired) electrons. The van der Waals surface area contributed by atoms with E-state index in [0.717, 1.165) is 0 Å². The largest absolute Gasteiger partial charge is 0.504 e. The summed E-state index contributed by atoms with van der Waals surface area (Å²) in [6, 6.07) is 12.2. The number of rotatable bonds is 2. The molecule has 0 saturated heterocycles. The summed E-state index contributed by atoms with van der Waals surface area (Å²) in [5.74, 6) is -4.60. The van der Waals surface area contributed by atoms with Gasteiger partial charge in [-0.25, -0.2) is 4.68 Å². The number of para-hydroxylation sites is 1. The Kier molecular flexibility index (Phi) is 4.24. The molecule has 5 N–H and O–H groups in total. The van der Waals surface area contributed by atoms with Gasteiger partial charge in [0.05, 0.1) is 21.8 Å². The van der Waals surface area contributed by atoms with Crippen molar-refractivity contribution in [2.45, 2.75) is 0 Å². The molecular formula is C19H12BrClN2O5. The first-order chi connectivity index (χ1) is 13.3. The van der Waals surface area contributed by atoms with Gasteiger partial charge in [0.1, 0.15) is 5.69 Å². The molecule has 7 nitrogen and oxygen atoms in total. The molecule has 142 valence electrons. The van der Waals surface area contributed by atoms with E-state index in [1.807, 2.05) is 0 Å². The maximum atomic E-state index is 10.3. The van der Waals surface area contributed by atoms with E-state index in [0.29, 0.717) is 26.1 Å². The summed E-state index contributed by atoms with van der Waals surface area (Å²) in [5, 5.41) is 55.4. The van der Waals surface area contributed by atoms with Crippen LogP contribution in [0, 0.1) is 0 Å². The molecular weight excluding hydrogens is 452 g/mol. The number of hydrogen-bond acceptors (Lipinski definition) is 6. The Bertz CT molecular complexity index is 1230. The Morgan fingerprint density at radius 3 is 2.07 bits per heavy atom. The standard InChI is InChI=1S/C19H12BrClN2O5/c20-9-5-3-7-11(13(9)21)23-10-6-2-1-4-8(10)14(22-23)12-15(24)17(26)19(28)18(27)16(12)25/h1-7,24-28H. The van der Waals surface area contributed by atoms with Crippen molar-refractivity contribution in [3.05, 3.63) is 52.0 Å². The van der Waals surface area contributed by atoms with E-state index < -0.39 is 28.7 Å². The summed E-state index contributed by atoms with van der Waals surface area (Å²) in [4.78, 5) is 0. The molecule has 0 aliphatic carbocycles. The smallest absolute Gasteiger partial charge is 0.208 e. The fourth-order valence-electron chi connectivity index (χ4n) is 3.00. The number of halogens is 2. The van der Waals surface area contributed by atoms with Gasteiger partial charge in [-0.1, -0.05) is 35.9 Å². The van der Waals surface area contributed by atoms with Crippen LogP contribution in [0.4, 0.5) is 0 Å². The van der Waals surface area contributed by atoms with Crippen LogP contribution in [0.1, 0.15) is 0 Å². The Labute approximate surface area is 171 Å². The Morgan fingerprint density at radius 1 is 0.786 bits per heavy atom. The molecule has 0 saturated carbocycles. The highest BCUT2D eigenvalue weighted by Crippen LogP contribution is 2.55. The van der Waals surface area contributed by atoms with Crippen molar-refractivity contribution in [1.82, 2.24) is 9.78 Å². The van der Waals surface area contributed by atoms with E-state index in [1.54, 1.807) is 42.5 Å². The van der Waals surface area contributed by atoms with Crippen LogP contribution in [0.2, 0.25) is 5.02 Å². The van der Waals surface area contributed by atoms with Crippen molar-refractivity contribution in [1.29, 1.82) is 0 Å². The Balaban J connectivity index is 2.11. The molecule has 3 aromatic carbocycles. The molecule has 0 spiro atoms. The zero-order valence-electron chi connectivity index (χ0n) is 13.9. The van der Waals surface area contributed by atoms with Crippen molar-refractivity contribution in [3.8, 4) is 45.7 Å². The van der Waals surface area contributed by atoms with Crippen LogP contribution in [0.25, 0.3) is 27.8 Å². The van der Waals surface area contributed by atoms with Crippen molar-refractivity contribution >= 4 is 38.4 Å². The van der Waals surface area contributed by atoms with Crippen molar-refractivity contribution in [2.24, 2.45) is 0 Å². The van der Waals surface area contributed by atoms with Crippen LogP contribution >= 0.6 is 27.5 Å². The van der Waals surface area contributed by atoms with Gasteiger partial charge in [0, 0.05) is 9.86 Å². The molecule has 1 aromatic heterocycles. The highest BCUT2D eigenvalue weighted by Gasteiger charge is 2.28. The normalized spacial score (nSPS) is 11.2. The predicted molar refractivity (Wildman–Crippen MR) is 108 cm³/mol. The van der Waals surface area contributed by atoms with Gasteiger partial charge in [-0.2, -0.15) is 5.10 Å². The zero-order chi connectivity index (χ0) is 20.2.